The van der Waals surface area contributed by atoms with Crippen molar-refractivity contribution in [3.63, 3.8) is 0 Å². The normalized spacial score (nSPS) is 10.2. The van der Waals surface area contributed by atoms with Gasteiger partial charge in [-0.1, -0.05) is 0 Å². The number of hydrogen-bond donors (Lipinski definition) is 2. The van der Waals surface area contributed by atoms with E-state index in [1.54, 1.807) is 7.05 Å². The van der Waals surface area contributed by atoms with Gasteiger partial charge in [0.15, 0.2) is 0 Å². The summed E-state index contributed by atoms with van der Waals surface area (Å²) in [7, 11) is 1.63. The quantitative estimate of drug-likeness (QED) is 0.879. The highest BCUT2D eigenvalue weighted by Crippen LogP contribution is 2.18. The number of nitrogens with one attached hydrogen (secondary N) is 1. The van der Waals surface area contributed by atoms with E-state index in [2.05, 4.69) is 10.3 Å². The van der Waals surface area contributed by atoms with E-state index in [-0.39, 0.29) is 16.9 Å². The highest BCUT2D eigenvalue weighted by atomic mass is 19.1. The number of hydrogen-bond acceptors (Lipinski definition) is 3. The van der Waals surface area contributed by atoms with Gasteiger partial charge in [-0.05, 0) is 18.2 Å². The summed E-state index contributed by atoms with van der Waals surface area (Å²) in [6, 6.07) is 3.12. The third kappa shape index (κ3) is 2.59. The summed E-state index contributed by atoms with van der Waals surface area (Å²) in [4.78, 5) is 26.7. The minimum atomic E-state index is -1.32. The van der Waals surface area contributed by atoms with Crippen molar-refractivity contribution >= 4 is 17.6 Å². The smallest absolute Gasteiger partial charge is 0.337 e. The first-order valence-electron chi connectivity index (χ1n) is 5.29. The molecule has 1 heterocycles. The summed E-state index contributed by atoms with van der Waals surface area (Å²) in [5, 5.41) is 11.4. The molecule has 2 aromatic rings. The van der Waals surface area contributed by atoms with Crippen LogP contribution in [0.3, 0.4) is 0 Å². The first-order valence-corrected chi connectivity index (χ1v) is 5.29. The highest BCUT2D eigenvalue weighted by molar-refractivity contribution is 6.06. The Balaban J connectivity index is 2.32. The van der Waals surface area contributed by atoms with Crippen molar-refractivity contribution in [2.75, 3.05) is 5.32 Å². The Kier molecular flexibility index (Phi) is 3.28. The average Bonchev–Trinajstić information content (AvgIpc) is 2.77. The lowest BCUT2D eigenvalue weighted by atomic mass is 10.1. The second kappa shape index (κ2) is 4.89. The van der Waals surface area contributed by atoms with E-state index in [9.17, 15) is 14.0 Å². The molecular formula is C12H10FN3O3. The number of nitrogens with zero attached hydrogens (tertiary/aromatic N) is 2. The van der Waals surface area contributed by atoms with Crippen molar-refractivity contribution in [3.05, 3.63) is 47.8 Å². The van der Waals surface area contributed by atoms with Crippen molar-refractivity contribution < 1.29 is 19.1 Å². The Morgan fingerprint density at radius 3 is 2.74 bits per heavy atom. The van der Waals surface area contributed by atoms with Gasteiger partial charge in [-0.25, -0.2) is 14.2 Å². The molecule has 0 radical (unpaired) electrons. The molecule has 2 N–H and O–H groups in total. The average molecular weight is 263 g/mol. The molecule has 0 saturated heterocycles. The number of aromatic nitrogens is 2. The van der Waals surface area contributed by atoms with Gasteiger partial charge < -0.3 is 15.0 Å². The van der Waals surface area contributed by atoms with Crippen molar-refractivity contribution in [2.45, 2.75) is 0 Å². The first-order chi connectivity index (χ1) is 8.99. The van der Waals surface area contributed by atoms with Crippen LogP contribution in [-0.4, -0.2) is 26.5 Å². The summed E-state index contributed by atoms with van der Waals surface area (Å²) in [6.45, 7) is 0. The molecule has 98 valence electrons. The lowest BCUT2D eigenvalue weighted by Crippen LogP contribution is -2.17. The van der Waals surface area contributed by atoms with Crippen LogP contribution in [0.1, 0.15) is 20.8 Å². The minimum absolute atomic E-state index is 0.0279. The van der Waals surface area contributed by atoms with Crippen molar-refractivity contribution in [1.29, 1.82) is 0 Å². The van der Waals surface area contributed by atoms with Crippen LogP contribution in [0.2, 0.25) is 0 Å². The lowest BCUT2D eigenvalue weighted by Gasteiger charge is -2.08. The van der Waals surface area contributed by atoms with Crippen LogP contribution in [0.15, 0.2) is 30.7 Å². The maximum Gasteiger partial charge on any atom is 0.337 e. The Labute approximate surface area is 107 Å². The number of aromatic carboxylic acids is 1. The number of anilines is 1. The van der Waals surface area contributed by atoms with Crippen LogP contribution < -0.4 is 5.32 Å². The second-order valence-electron chi connectivity index (χ2n) is 3.84. The number of imidazole rings is 1. The van der Waals surface area contributed by atoms with Crippen LogP contribution in [0.5, 0.6) is 0 Å². The van der Waals surface area contributed by atoms with E-state index < -0.39 is 17.7 Å². The molecule has 0 aliphatic carbocycles. The molecule has 0 fully saturated rings. The number of carbonyl (C=O) groups excluding carboxylic acids is 1. The zero-order chi connectivity index (χ0) is 14.0. The van der Waals surface area contributed by atoms with Gasteiger partial charge in [0.1, 0.15) is 11.5 Å². The van der Waals surface area contributed by atoms with Crippen molar-refractivity contribution in [1.82, 2.24) is 9.55 Å². The maximum atomic E-state index is 13.0. The Hall–Kier alpha value is -2.70. The number of halogens is 1. The highest BCUT2D eigenvalue weighted by Gasteiger charge is 2.16. The van der Waals surface area contributed by atoms with Gasteiger partial charge in [0, 0.05) is 7.05 Å². The molecule has 0 aliphatic rings. The van der Waals surface area contributed by atoms with Crippen LogP contribution in [-0.2, 0) is 7.05 Å². The third-order valence-electron chi connectivity index (χ3n) is 2.51. The standard InChI is InChI=1S/C12H10FN3O3/c1-16-6-14-5-10(16)11(17)15-9-3-2-7(13)4-8(9)12(18)19/h2-6H,1H3,(H,15,17)(H,18,19). The minimum Gasteiger partial charge on any atom is -0.478 e. The Bertz CT molecular complexity index is 651. The van der Waals surface area contributed by atoms with E-state index >= 15 is 0 Å². The molecule has 0 bridgehead atoms. The van der Waals surface area contributed by atoms with Crippen molar-refractivity contribution in [3.8, 4) is 0 Å². The largest absolute Gasteiger partial charge is 0.478 e. The molecule has 1 amide bonds. The number of carbonyl (C=O) groups is 2. The molecule has 1 aromatic heterocycles. The second-order valence-corrected chi connectivity index (χ2v) is 3.84. The molecule has 0 unspecified atom stereocenters. The van der Waals surface area contributed by atoms with Gasteiger partial charge in [0.2, 0.25) is 0 Å². The van der Waals surface area contributed by atoms with Gasteiger partial charge in [-0.3, -0.25) is 4.79 Å². The van der Waals surface area contributed by atoms with Gasteiger partial charge in [0.05, 0.1) is 23.8 Å². The Morgan fingerprint density at radius 1 is 1.42 bits per heavy atom. The van der Waals surface area contributed by atoms with Gasteiger partial charge in [-0.15, -0.1) is 0 Å². The van der Waals surface area contributed by atoms with Crippen LogP contribution in [0.4, 0.5) is 10.1 Å². The van der Waals surface area contributed by atoms with Gasteiger partial charge in [-0.2, -0.15) is 0 Å². The molecule has 2 rings (SSSR count). The van der Waals surface area contributed by atoms with Gasteiger partial charge >= 0.3 is 5.97 Å². The predicted molar refractivity (Wildman–Crippen MR) is 64.5 cm³/mol. The molecular weight excluding hydrogens is 253 g/mol. The van der Waals surface area contributed by atoms with Crippen LogP contribution >= 0.6 is 0 Å². The summed E-state index contributed by atoms with van der Waals surface area (Å²) in [5.74, 6) is -2.52. The zero-order valence-electron chi connectivity index (χ0n) is 9.92. The summed E-state index contributed by atoms with van der Waals surface area (Å²) >= 11 is 0. The summed E-state index contributed by atoms with van der Waals surface area (Å²) in [6.07, 6.45) is 2.79. The number of rotatable bonds is 3. The van der Waals surface area contributed by atoms with Crippen LogP contribution in [0.25, 0.3) is 0 Å². The molecule has 0 aliphatic heterocycles. The topological polar surface area (TPSA) is 84.2 Å². The molecule has 0 atom stereocenters. The molecule has 0 spiro atoms. The van der Waals surface area contributed by atoms with E-state index in [0.29, 0.717) is 0 Å². The van der Waals surface area contributed by atoms with E-state index in [0.717, 1.165) is 12.1 Å². The first kappa shape index (κ1) is 12.7. The van der Waals surface area contributed by atoms with E-state index in [1.807, 2.05) is 0 Å². The molecule has 6 nitrogen and oxygen atoms in total. The number of benzene rings is 1. The monoisotopic (exact) mass is 263 g/mol. The fraction of sp³-hybridized carbons (Fsp3) is 0.0833. The SMILES string of the molecule is Cn1cncc1C(=O)Nc1ccc(F)cc1C(=O)O. The summed E-state index contributed by atoms with van der Waals surface area (Å²) in [5.41, 5.74) is -0.0173. The number of carboxylic acid groups (broad SMARTS) is 1. The van der Waals surface area contributed by atoms with Crippen molar-refractivity contribution in [2.24, 2.45) is 7.05 Å². The lowest BCUT2D eigenvalue weighted by molar-refractivity contribution is 0.0697. The van der Waals surface area contributed by atoms with Crippen LogP contribution in [0, 0.1) is 5.82 Å². The van der Waals surface area contributed by atoms with Gasteiger partial charge in [0.25, 0.3) is 5.91 Å². The van der Waals surface area contributed by atoms with E-state index in [4.69, 9.17) is 5.11 Å². The number of carboxylic acids is 1. The molecule has 1 aromatic carbocycles. The van der Waals surface area contributed by atoms with E-state index in [1.165, 1.54) is 23.2 Å². The number of amides is 1. The summed E-state index contributed by atoms with van der Waals surface area (Å²) < 4.78 is 14.5. The molecule has 19 heavy (non-hydrogen) atoms. The fourth-order valence-electron chi connectivity index (χ4n) is 1.56. The fourth-order valence-corrected chi connectivity index (χ4v) is 1.56. The zero-order valence-corrected chi connectivity index (χ0v) is 9.92. The predicted octanol–water partition coefficient (Wildman–Crippen LogP) is 1.51. The Morgan fingerprint density at radius 2 is 2.16 bits per heavy atom. The molecule has 0 saturated carbocycles. The molecule has 7 heteroatoms. The number of aryl methyl sites for hydroxylation is 1. The third-order valence-corrected chi connectivity index (χ3v) is 2.51. The maximum absolute atomic E-state index is 13.0.